The summed E-state index contributed by atoms with van der Waals surface area (Å²) in [6.45, 7) is 20.3. The summed E-state index contributed by atoms with van der Waals surface area (Å²) in [6.07, 6.45) is 11.1. The van der Waals surface area contributed by atoms with Crippen molar-refractivity contribution in [3.63, 3.8) is 0 Å². The van der Waals surface area contributed by atoms with Crippen molar-refractivity contribution >= 4 is 0 Å². The van der Waals surface area contributed by atoms with Gasteiger partial charge in [0.25, 0.3) is 0 Å². The van der Waals surface area contributed by atoms with Crippen LogP contribution in [0, 0.1) is 6.08 Å². The van der Waals surface area contributed by atoms with Crippen LogP contribution in [0.5, 0.6) is 0 Å². The monoisotopic (exact) mass is 503 g/mol. The molecule has 0 amide bonds. The zero-order valence-electron chi connectivity index (χ0n) is 17.4. The Hall–Kier alpha value is 0.230. The molecule has 0 bridgehead atoms. The molecule has 0 saturated carbocycles. The van der Waals surface area contributed by atoms with Gasteiger partial charge in [0, 0.05) is 0 Å². The van der Waals surface area contributed by atoms with Gasteiger partial charge >= 0.3 is 25.8 Å². The molecular weight excluding hydrogens is 461 g/mol. The number of allylic oxidation sites excluding steroid dienone is 4. The molecule has 0 aromatic rings. The number of rotatable bonds is 8. The van der Waals surface area contributed by atoms with Crippen LogP contribution in [-0.4, -0.2) is 39.3 Å². The van der Waals surface area contributed by atoms with Crippen LogP contribution in [0.3, 0.4) is 0 Å². The van der Waals surface area contributed by atoms with E-state index >= 15 is 0 Å². The fourth-order valence-corrected chi connectivity index (χ4v) is 1.56. The molecule has 0 aromatic carbocycles. The number of nitrogens with zero attached hydrogens (tertiary/aromatic N) is 3. The van der Waals surface area contributed by atoms with Crippen LogP contribution >= 0.6 is 0 Å². The molecule has 0 atom stereocenters. The van der Waals surface area contributed by atoms with Gasteiger partial charge in [-0.2, -0.15) is 45.3 Å². The van der Waals surface area contributed by atoms with Gasteiger partial charge in [-0.25, -0.2) is 11.6 Å². The van der Waals surface area contributed by atoms with Gasteiger partial charge in [0.2, 0.25) is 0 Å². The predicted octanol–water partition coefficient (Wildman–Crippen LogP) is 6.67. The Bertz CT molecular complexity index is 221. The minimum Gasteiger partial charge on any atom is -0.663 e. The second-order valence-corrected chi connectivity index (χ2v) is 4.63. The summed E-state index contributed by atoms with van der Waals surface area (Å²) in [5.74, 6) is 0. The van der Waals surface area contributed by atoms with Crippen molar-refractivity contribution in [2.75, 3.05) is 39.3 Å². The fraction of sp³-hybridized carbons (Fsp3) is 0.800. The topological polar surface area (TPSA) is 42.3 Å². The summed E-state index contributed by atoms with van der Waals surface area (Å²) in [5, 5.41) is 11.9. The van der Waals surface area contributed by atoms with Gasteiger partial charge in [0.05, 0.1) is 0 Å². The minimum absolute atomic E-state index is 0. The average Bonchev–Trinajstić information content (AvgIpc) is 3.05. The van der Waals surface area contributed by atoms with E-state index in [4.69, 9.17) is 0 Å². The Balaban J connectivity index is -0.000000113. The van der Waals surface area contributed by atoms with E-state index < -0.39 is 0 Å². The first kappa shape index (κ1) is 31.9. The Morgan fingerprint density at radius 3 is 1.29 bits per heavy atom. The largest absolute Gasteiger partial charge is 4.00 e. The van der Waals surface area contributed by atoms with Crippen LogP contribution < -0.4 is 0 Å². The molecule has 0 saturated heterocycles. The maximum absolute atomic E-state index is 3.97. The van der Waals surface area contributed by atoms with E-state index in [0.717, 1.165) is 45.7 Å². The van der Waals surface area contributed by atoms with Crippen molar-refractivity contribution in [1.82, 2.24) is 0 Å². The molecule has 0 aromatic heterocycles. The van der Waals surface area contributed by atoms with Crippen molar-refractivity contribution in [3.05, 3.63) is 39.8 Å². The molecule has 0 aliphatic heterocycles. The summed E-state index contributed by atoms with van der Waals surface area (Å²) in [4.78, 5) is 0. The third kappa shape index (κ3) is 38.0. The molecule has 0 radical (unpaired) electrons. The van der Waals surface area contributed by atoms with Crippen LogP contribution in [-0.2, 0) is 25.8 Å². The van der Waals surface area contributed by atoms with Crippen molar-refractivity contribution in [2.24, 2.45) is 0 Å². The van der Waals surface area contributed by atoms with Crippen LogP contribution in [0.2, 0.25) is 0 Å². The molecule has 0 fully saturated rings. The second kappa shape index (κ2) is 34.5. The summed E-state index contributed by atoms with van der Waals surface area (Å²) in [6, 6.07) is 0. The summed E-state index contributed by atoms with van der Waals surface area (Å²) < 4.78 is 0. The summed E-state index contributed by atoms with van der Waals surface area (Å²) >= 11 is 0. The molecular formula is C20H41HfN3. The standard InChI is InChI=1S/C8H11.3C4H10N.Hf/c1-2-5-8-6-3-4-7-8;3*1-3-5-4-2;/h3,6H,2,4-5H2,1H3;3*3-4H2,1-2H3;/q4*-1;+4. The van der Waals surface area contributed by atoms with E-state index in [-0.39, 0.29) is 25.8 Å². The number of hydrogen-bond acceptors (Lipinski definition) is 0. The van der Waals surface area contributed by atoms with Crippen LogP contribution in [0.1, 0.15) is 67.7 Å². The Morgan fingerprint density at radius 1 is 0.750 bits per heavy atom. The van der Waals surface area contributed by atoms with Gasteiger partial charge in [-0.05, 0) is 0 Å². The summed E-state index contributed by atoms with van der Waals surface area (Å²) in [5.41, 5.74) is 1.40. The van der Waals surface area contributed by atoms with Crippen molar-refractivity contribution in [3.8, 4) is 0 Å². The smallest absolute Gasteiger partial charge is 0.663 e. The molecule has 24 heavy (non-hydrogen) atoms. The zero-order chi connectivity index (χ0) is 18.2. The van der Waals surface area contributed by atoms with Gasteiger partial charge in [-0.3, -0.25) is 6.08 Å². The van der Waals surface area contributed by atoms with Gasteiger partial charge in [0.15, 0.2) is 0 Å². The third-order valence-electron chi connectivity index (χ3n) is 2.63. The van der Waals surface area contributed by atoms with Gasteiger partial charge < -0.3 is 16.0 Å². The quantitative estimate of drug-likeness (QED) is 0.263. The molecule has 3 nitrogen and oxygen atoms in total. The van der Waals surface area contributed by atoms with E-state index in [9.17, 15) is 0 Å². The normalized spacial score (nSPS) is 10.9. The van der Waals surface area contributed by atoms with E-state index in [1.807, 2.05) is 41.5 Å². The first-order chi connectivity index (χ1) is 11.2. The Labute approximate surface area is 172 Å². The first-order valence-electron chi connectivity index (χ1n) is 9.33. The van der Waals surface area contributed by atoms with Crippen LogP contribution in [0.4, 0.5) is 0 Å². The first-order valence-corrected chi connectivity index (χ1v) is 9.33. The fourth-order valence-electron chi connectivity index (χ4n) is 1.56. The molecule has 0 N–H and O–H groups in total. The van der Waals surface area contributed by atoms with Crippen molar-refractivity contribution in [1.29, 1.82) is 0 Å². The molecule has 1 aliphatic carbocycles. The maximum atomic E-state index is 3.97. The molecule has 1 aliphatic rings. The second-order valence-electron chi connectivity index (χ2n) is 4.63. The summed E-state index contributed by atoms with van der Waals surface area (Å²) in [7, 11) is 0. The molecule has 1 rings (SSSR count). The SMILES string of the molecule is CCCC1=[C-]CC=C1.CC[N-]CC.CC[N-]CC.CC[N-]CC.[Hf+4]. The zero-order valence-corrected chi connectivity index (χ0v) is 21.0. The van der Waals surface area contributed by atoms with E-state index in [1.165, 1.54) is 18.4 Å². The minimum atomic E-state index is 0. The predicted molar refractivity (Wildman–Crippen MR) is 109 cm³/mol. The van der Waals surface area contributed by atoms with Gasteiger partial charge in [0.1, 0.15) is 0 Å². The molecule has 4 heteroatoms. The number of hydrogen-bond donors (Lipinski definition) is 0. The van der Waals surface area contributed by atoms with Crippen molar-refractivity contribution < 1.29 is 25.8 Å². The van der Waals surface area contributed by atoms with E-state index in [2.05, 4.69) is 41.1 Å². The molecule has 0 unspecified atom stereocenters. The van der Waals surface area contributed by atoms with Crippen LogP contribution in [0.25, 0.3) is 16.0 Å². The van der Waals surface area contributed by atoms with Crippen molar-refractivity contribution in [2.45, 2.75) is 67.7 Å². The van der Waals surface area contributed by atoms with E-state index in [0.29, 0.717) is 0 Å². The average molecular weight is 502 g/mol. The molecule has 140 valence electrons. The Kier molecular flexibility index (Phi) is 46.0. The van der Waals surface area contributed by atoms with Gasteiger partial charge in [-0.1, -0.05) is 61.3 Å². The van der Waals surface area contributed by atoms with E-state index in [1.54, 1.807) is 0 Å². The molecule has 0 heterocycles. The van der Waals surface area contributed by atoms with Crippen LogP contribution in [0.15, 0.2) is 17.7 Å². The molecule has 0 spiro atoms. The maximum Gasteiger partial charge on any atom is 4.00 e. The van der Waals surface area contributed by atoms with Gasteiger partial charge in [-0.15, -0.1) is 6.42 Å². The Morgan fingerprint density at radius 2 is 1.12 bits per heavy atom. The third-order valence-corrected chi connectivity index (χ3v) is 2.63.